The van der Waals surface area contributed by atoms with Crippen molar-refractivity contribution in [3.05, 3.63) is 63.5 Å². The first kappa shape index (κ1) is 26.3. The fourth-order valence-electron chi connectivity index (χ4n) is 4.12. The van der Waals surface area contributed by atoms with E-state index >= 15 is 0 Å². The first-order chi connectivity index (χ1) is 16.6. The minimum absolute atomic E-state index is 0.0687. The lowest BCUT2D eigenvalue weighted by Gasteiger charge is -2.26. The minimum atomic E-state index is -0.420. The number of ether oxygens (including phenoxy) is 2. The third-order valence-electron chi connectivity index (χ3n) is 5.48. The molecule has 7 heteroatoms. The van der Waals surface area contributed by atoms with Gasteiger partial charge in [0, 0.05) is 19.6 Å². The lowest BCUT2D eigenvalue weighted by molar-refractivity contribution is 0.0526. The molecule has 188 valence electrons. The minimum Gasteiger partial charge on any atom is -0.507 e. The molecule has 0 unspecified atom stereocenters. The Balaban J connectivity index is 1.97. The van der Waals surface area contributed by atoms with Crippen LogP contribution >= 0.6 is 0 Å². The molecule has 0 saturated heterocycles. The standard InChI is InChI=1S/C28H35NO6/c1-7-33-28(32)20-8-10-21(11-9-20)35-26-19(6)34-27-22(25(26)31)12-13-24(30)23(27)16-29(14-17(2)3)15-18(4)5/h8-13,17-18,30H,7,14-16H2,1-6H3. The molecule has 0 spiro atoms. The van der Waals surface area contributed by atoms with Gasteiger partial charge >= 0.3 is 5.97 Å². The lowest BCUT2D eigenvalue weighted by Crippen LogP contribution is -2.31. The van der Waals surface area contributed by atoms with Gasteiger partial charge in [0.05, 0.1) is 23.1 Å². The number of carbonyl (C=O) groups excluding carboxylic acids is 1. The van der Waals surface area contributed by atoms with Crippen LogP contribution in [0.25, 0.3) is 11.0 Å². The molecule has 3 aromatic rings. The Bertz CT molecular complexity index is 1220. The first-order valence-corrected chi connectivity index (χ1v) is 12.1. The summed E-state index contributed by atoms with van der Waals surface area (Å²) >= 11 is 0. The number of aromatic hydroxyl groups is 1. The number of benzene rings is 2. The van der Waals surface area contributed by atoms with Crippen LogP contribution in [0.4, 0.5) is 0 Å². The van der Waals surface area contributed by atoms with Gasteiger partial charge in [-0.2, -0.15) is 0 Å². The Hall–Kier alpha value is -3.32. The maximum atomic E-state index is 13.4. The second-order valence-corrected chi connectivity index (χ2v) is 9.59. The number of fused-ring (bicyclic) bond motifs is 1. The highest BCUT2D eigenvalue weighted by atomic mass is 16.5. The Morgan fingerprint density at radius 3 is 2.23 bits per heavy atom. The van der Waals surface area contributed by atoms with Gasteiger partial charge in [-0.05, 0) is 62.1 Å². The van der Waals surface area contributed by atoms with Gasteiger partial charge in [0.1, 0.15) is 22.8 Å². The lowest BCUT2D eigenvalue weighted by atomic mass is 10.1. The summed E-state index contributed by atoms with van der Waals surface area (Å²) < 4.78 is 16.9. The van der Waals surface area contributed by atoms with E-state index in [1.54, 1.807) is 44.2 Å². The molecule has 2 aromatic carbocycles. The largest absolute Gasteiger partial charge is 0.507 e. The Morgan fingerprint density at radius 2 is 1.66 bits per heavy atom. The van der Waals surface area contributed by atoms with E-state index in [9.17, 15) is 14.7 Å². The molecule has 7 nitrogen and oxygen atoms in total. The van der Waals surface area contributed by atoms with Crippen LogP contribution in [0.3, 0.4) is 0 Å². The van der Waals surface area contributed by atoms with Gasteiger partial charge in [0.2, 0.25) is 11.2 Å². The SMILES string of the molecule is CCOC(=O)c1ccc(Oc2c(C)oc3c(CN(CC(C)C)CC(C)C)c(O)ccc3c2=O)cc1. The van der Waals surface area contributed by atoms with Crippen LogP contribution in [0.2, 0.25) is 0 Å². The number of phenols is 1. The van der Waals surface area contributed by atoms with Crippen LogP contribution in [0.1, 0.15) is 56.3 Å². The quantitative estimate of drug-likeness (QED) is 0.361. The number of esters is 1. The highest BCUT2D eigenvalue weighted by Crippen LogP contribution is 2.32. The van der Waals surface area contributed by atoms with Gasteiger partial charge in [0.15, 0.2) is 0 Å². The monoisotopic (exact) mass is 481 g/mol. The Kier molecular flexibility index (Phi) is 8.57. The summed E-state index contributed by atoms with van der Waals surface area (Å²) in [5.41, 5.74) is 1.04. The van der Waals surface area contributed by atoms with E-state index in [0.29, 0.717) is 58.6 Å². The van der Waals surface area contributed by atoms with E-state index in [-0.39, 0.29) is 16.9 Å². The average molecular weight is 482 g/mol. The molecule has 1 aromatic heterocycles. The summed E-state index contributed by atoms with van der Waals surface area (Å²) in [5.74, 6) is 1.36. The number of hydrogen-bond donors (Lipinski definition) is 1. The number of hydrogen-bond acceptors (Lipinski definition) is 7. The van der Waals surface area contributed by atoms with Crippen LogP contribution in [-0.2, 0) is 11.3 Å². The van der Waals surface area contributed by atoms with Crippen LogP contribution in [0.5, 0.6) is 17.2 Å². The predicted molar refractivity (Wildman–Crippen MR) is 136 cm³/mol. The molecule has 0 radical (unpaired) electrons. The van der Waals surface area contributed by atoms with Crippen molar-refractivity contribution in [2.24, 2.45) is 11.8 Å². The molecule has 1 heterocycles. The Labute approximate surface area is 206 Å². The second-order valence-electron chi connectivity index (χ2n) is 9.59. The van der Waals surface area contributed by atoms with Gasteiger partial charge in [-0.1, -0.05) is 27.7 Å². The molecular weight excluding hydrogens is 446 g/mol. The first-order valence-electron chi connectivity index (χ1n) is 12.1. The smallest absolute Gasteiger partial charge is 0.338 e. The zero-order valence-electron chi connectivity index (χ0n) is 21.4. The summed E-state index contributed by atoms with van der Waals surface area (Å²) in [5, 5.41) is 11.0. The topological polar surface area (TPSA) is 89.2 Å². The molecule has 0 bridgehead atoms. The van der Waals surface area contributed by atoms with E-state index in [1.807, 2.05) is 0 Å². The highest BCUT2D eigenvalue weighted by Gasteiger charge is 2.21. The van der Waals surface area contributed by atoms with Gasteiger partial charge in [-0.25, -0.2) is 4.79 Å². The van der Waals surface area contributed by atoms with E-state index < -0.39 is 5.97 Å². The van der Waals surface area contributed by atoms with Crippen LogP contribution < -0.4 is 10.2 Å². The molecule has 1 N–H and O–H groups in total. The van der Waals surface area contributed by atoms with Crippen molar-refractivity contribution in [2.75, 3.05) is 19.7 Å². The van der Waals surface area contributed by atoms with Crippen molar-refractivity contribution < 1.29 is 23.8 Å². The summed E-state index contributed by atoms with van der Waals surface area (Å²) in [4.78, 5) is 27.5. The fraction of sp³-hybridized carbons (Fsp3) is 0.429. The number of aryl methyl sites for hydroxylation is 1. The molecule has 0 aliphatic heterocycles. The number of rotatable bonds is 10. The molecule has 3 rings (SSSR count). The summed E-state index contributed by atoms with van der Waals surface area (Å²) in [6.45, 7) is 14.5. The second kappa shape index (κ2) is 11.4. The summed E-state index contributed by atoms with van der Waals surface area (Å²) in [6, 6.07) is 9.47. The van der Waals surface area contributed by atoms with Gasteiger partial charge in [-0.15, -0.1) is 0 Å². The van der Waals surface area contributed by atoms with Crippen molar-refractivity contribution >= 4 is 16.9 Å². The normalized spacial score (nSPS) is 11.6. The van der Waals surface area contributed by atoms with Crippen molar-refractivity contribution in [3.8, 4) is 17.2 Å². The molecular formula is C28H35NO6. The van der Waals surface area contributed by atoms with Gasteiger partial charge in [-0.3, -0.25) is 9.69 Å². The van der Waals surface area contributed by atoms with Crippen molar-refractivity contribution in [3.63, 3.8) is 0 Å². The highest BCUT2D eigenvalue weighted by molar-refractivity contribution is 5.89. The maximum Gasteiger partial charge on any atom is 0.338 e. The number of nitrogens with zero attached hydrogens (tertiary/aromatic N) is 1. The summed E-state index contributed by atoms with van der Waals surface area (Å²) in [6.07, 6.45) is 0. The molecule has 35 heavy (non-hydrogen) atoms. The van der Waals surface area contributed by atoms with Gasteiger partial charge < -0.3 is 19.0 Å². The van der Waals surface area contributed by atoms with E-state index in [4.69, 9.17) is 13.9 Å². The predicted octanol–water partition coefficient (Wildman–Crippen LogP) is 5.89. The van der Waals surface area contributed by atoms with E-state index in [2.05, 4.69) is 32.6 Å². The third kappa shape index (κ3) is 6.42. The van der Waals surface area contributed by atoms with Gasteiger partial charge in [0.25, 0.3) is 0 Å². The zero-order chi connectivity index (χ0) is 25.7. The van der Waals surface area contributed by atoms with Crippen LogP contribution in [-0.4, -0.2) is 35.7 Å². The van der Waals surface area contributed by atoms with E-state index in [0.717, 1.165) is 13.1 Å². The Morgan fingerprint density at radius 1 is 1.03 bits per heavy atom. The molecule has 0 aliphatic rings. The summed E-state index contributed by atoms with van der Waals surface area (Å²) in [7, 11) is 0. The molecule has 0 saturated carbocycles. The molecule has 0 fully saturated rings. The molecule has 0 aliphatic carbocycles. The molecule has 0 atom stereocenters. The molecule has 0 amide bonds. The van der Waals surface area contributed by atoms with Crippen LogP contribution in [0.15, 0.2) is 45.6 Å². The van der Waals surface area contributed by atoms with Crippen molar-refractivity contribution in [2.45, 2.75) is 48.1 Å². The van der Waals surface area contributed by atoms with Crippen molar-refractivity contribution in [1.82, 2.24) is 4.90 Å². The van der Waals surface area contributed by atoms with Crippen molar-refractivity contribution in [1.29, 1.82) is 0 Å². The third-order valence-corrected chi connectivity index (χ3v) is 5.48. The van der Waals surface area contributed by atoms with E-state index in [1.165, 1.54) is 6.07 Å². The number of phenolic OH excluding ortho intramolecular Hbond substituents is 1. The fourth-order valence-corrected chi connectivity index (χ4v) is 4.12. The average Bonchev–Trinajstić information content (AvgIpc) is 2.78. The maximum absolute atomic E-state index is 13.4. The number of carbonyl (C=O) groups is 1. The van der Waals surface area contributed by atoms with Crippen LogP contribution in [0, 0.1) is 18.8 Å². The zero-order valence-corrected chi connectivity index (χ0v) is 21.4.